The Hall–Kier alpha value is -1.20. The summed E-state index contributed by atoms with van der Waals surface area (Å²) in [6, 6.07) is 3.89. The Bertz CT molecular complexity index is 506. The first kappa shape index (κ1) is 20.8. The maximum Gasteiger partial charge on any atom is 0.220 e. The molecule has 0 heterocycles. The van der Waals surface area contributed by atoms with Crippen LogP contribution in [0.15, 0.2) is 18.2 Å². The van der Waals surface area contributed by atoms with Crippen molar-refractivity contribution < 1.29 is 13.6 Å². The van der Waals surface area contributed by atoms with Crippen molar-refractivity contribution in [3.63, 3.8) is 0 Å². The fraction of sp³-hybridized carbons (Fsp3) is 0.611. The van der Waals surface area contributed by atoms with Gasteiger partial charge < -0.3 is 10.6 Å². The van der Waals surface area contributed by atoms with Crippen LogP contribution in [-0.4, -0.2) is 25.0 Å². The van der Waals surface area contributed by atoms with Gasteiger partial charge in [0, 0.05) is 25.6 Å². The van der Waals surface area contributed by atoms with Crippen LogP contribution in [0.25, 0.3) is 0 Å². The highest BCUT2D eigenvalue weighted by atomic mass is 35.5. The highest BCUT2D eigenvalue weighted by Gasteiger charge is 2.11. The van der Waals surface area contributed by atoms with E-state index in [0.717, 1.165) is 24.7 Å². The van der Waals surface area contributed by atoms with Crippen molar-refractivity contribution in [2.24, 2.45) is 0 Å². The van der Waals surface area contributed by atoms with E-state index in [4.69, 9.17) is 0 Å². The molecule has 1 amide bonds. The molecule has 1 fully saturated rings. The number of rotatable bonds is 7. The van der Waals surface area contributed by atoms with Crippen molar-refractivity contribution in [3.8, 4) is 0 Å². The predicted octanol–water partition coefficient (Wildman–Crippen LogP) is 3.75. The van der Waals surface area contributed by atoms with E-state index in [-0.39, 0.29) is 36.7 Å². The molecule has 1 aromatic carbocycles. The minimum Gasteiger partial charge on any atom is -0.355 e. The molecule has 6 heteroatoms. The molecule has 1 aliphatic rings. The first-order chi connectivity index (χ1) is 11.1. The summed E-state index contributed by atoms with van der Waals surface area (Å²) < 4.78 is 26.5. The Morgan fingerprint density at radius 2 is 1.79 bits per heavy atom. The van der Waals surface area contributed by atoms with Crippen LogP contribution < -0.4 is 10.6 Å². The SMILES string of the molecule is Cl.O=C(CCc1cc(F)ccc1F)NCCNC1CCCCCC1. The second kappa shape index (κ2) is 11.4. The molecular formula is C18H27ClF2N2O. The molecule has 0 bridgehead atoms. The van der Waals surface area contributed by atoms with Gasteiger partial charge in [-0.05, 0) is 43.0 Å². The van der Waals surface area contributed by atoms with Crippen LogP contribution >= 0.6 is 12.4 Å². The lowest BCUT2D eigenvalue weighted by Crippen LogP contribution is -2.36. The molecule has 1 aliphatic carbocycles. The van der Waals surface area contributed by atoms with Crippen molar-refractivity contribution in [3.05, 3.63) is 35.4 Å². The van der Waals surface area contributed by atoms with E-state index in [2.05, 4.69) is 10.6 Å². The number of carbonyl (C=O) groups excluding carboxylic acids is 1. The summed E-state index contributed by atoms with van der Waals surface area (Å²) in [6.07, 6.45) is 8.03. The summed E-state index contributed by atoms with van der Waals surface area (Å²) in [4.78, 5) is 11.8. The molecule has 24 heavy (non-hydrogen) atoms. The molecule has 0 saturated heterocycles. The average molecular weight is 361 g/mol. The van der Waals surface area contributed by atoms with Crippen molar-refractivity contribution in [1.29, 1.82) is 0 Å². The second-order valence-electron chi connectivity index (χ2n) is 6.23. The van der Waals surface area contributed by atoms with Gasteiger partial charge in [-0.1, -0.05) is 25.7 Å². The van der Waals surface area contributed by atoms with E-state index in [0.29, 0.717) is 12.6 Å². The maximum atomic E-state index is 13.5. The predicted molar refractivity (Wildman–Crippen MR) is 94.4 cm³/mol. The van der Waals surface area contributed by atoms with Crippen molar-refractivity contribution in [2.45, 2.75) is 57.4 Å². The van der Waals surface area contributed by atoms with Crippen LogP contribution in [0, 0.1) is 11.6 Å². The van der Waals surface area contributed by atoms with Gasteiger partial charge in [-0.2, -0.15) is 0 Å². The quantitative estimate of drug-likeness (QED) is 0.574. The molecule has 0 unspecified atom stereocenters. The smallest absolute Gasteiger partial charge is 0.220 e. The van der Waals surface area contributed by atoms with Crippen LogP contribution in [0.4, 0.5) is 8.78 Å². The third kappa shape index (κ3) is 7.58. The topological polar surface area (TPSA) is 41.1 Å². The Labute approximate surface area is 149 Å². The number of benzene rings is 1. The van der Waals surface area contributed by atoms with Gasteiger partial charge in [-0.3, -0.25) is 4.79 Å². The van der Waals surface area contributed by atoms with Crippen LogP contribution in [-0.2, 0) is 11.2 Å². The third-order valence-corrected chi connectivity index (χ3v) is 4.36. The number of nitrogens with one attached hydrogen (secondary N) is 2. The highest BCUT2D eigenvalue weighted by molar-refractivity contribution is 5.85. The number of aryl methyl sites for hydroxylation is 1. The maximum absolute atomic E-state index is 13.5. The molecule has 0 radical (unpaired) electrons. The van der Waals surface area contributed by atoms with Crippen LogP contribution in [0.2, 0.25) is 0 Å². The molecule has 2 N–H and O–H groups in total. The number of halogens is 3. The van der Waals surface area contributed by atoms with Gasteiger partial charge in [0.1, 0.15) is 11.6 Å². The lowest BCUT2D eigenvalue weighted by Gasteiger charge is -2.16. The normalized spacial score (nSPS) is 15.4. The van der Waals surface area contributed by atoms with Crippen LogP contribution in [0.3, 0.4) is 0 Å². The number of carbonyl (C=O) groups is 1. The van der Waals surface area contributed by atoms with E-state index < -0.39 is 11.6 Å². The molecule has 1 aromatic rings. The van der Waals surface area contributed by atoms with Crippen molar-refractivity contribution in [2.75, 3.05) is 13.1 Å². The zero-order chi connectivity index (χ0) is 16.5. The molecule has 0 spiro atoms. The molecule has 1 saturated carbocycles. The summed E-state index contributed by atoms with van der Waals surface area (Å²) in [6.45, 7) is 1.33. The van der Waals surface area contributed by atoms with Gasteiger partial charge >= 0.3 is 0 Å². The average Bonchev–Trinajstić information content (AvgIpc) is 2.81. The summed E-state index contributed by atoms with van der Waals surface area (Å²) in [5.41, 5.74) is 0.247. The molecule has 136 valence electrons. The Morgan fingerprint density at radius 1 is 1.08 bits per heavy atom. The lowest BCUT2D eigenvalue weighted by molar-refractivity contribution is -0.121. The number of hydrogen-bond acceptors (Lipinski definition) is 2. The van der Waals surface area contributed by atoms with E-state index in [1.807, 2.05) is 0 Å². The van der Waals surface area contributed by atoms with E-state index in [9.17, 15) is 13.6 Å². The van der Waals surface area contributed by atoms with E-state index >= 15 is 0 Å². The summed E-state index contributed by atoms with van der Waals surface area (Å²) in [5, 5.41) is 6.31. The fourth-order valence-corrected chi connectivity index (χ4v) is 3.03. The zero-order valence-electron chi connectivity index (χ0n) is 14.0. The van der Waals surface area contributed by atoms with E-state index in [1.54, 1.807) is 0 Å². The number of amides is 1. The zero-order valence-corrected chi connectivity index (χ0v) is 14.8. The van der Waals surface area contributed by atoms with Crippen LogP contribution in [0.5, 0.6) is 0 Å². The highest BCUT2D eigenvalue weighted by Crippen LogP contribution is 2.16. The minimum atomic E-state index is -0.477. The Balaban J connectivity index is 0.00000288. The van der Waals surface area contributed by atoms with Gasteiger partial charge in [0.2, 0.25) is 5.91 Å². The standard InChI is InChI=1S/C18H26F2N2O.ClH/c19-15-8-9-17(20)14(13-15)7-10-18(23)22-12-11-21-16-5-3-1-2-4-6-16;/h8-9,13,16,21H,1-7,10-12H2,(H,22,23);1H. The fourth-order valence-electron chi connectivity index (χ4n) is 3.03. The molecule has 0 aliphatic heterocycles. The molecule has 2 rings (SSSR count). The van der Waals surface area contributed by atoms with Crippen molar-refractivity contribution in [1.82, 2.24) is 10.6 Å². The van der Waals surface area contributed by atoms with Crippen molar-refractivity contribution >= 4 is 18.3 Å². The van der Waals surface area contributed by atoms with Gasteiger partial charge in [0.15, 0.2) is 0 Å². The van der Waals surface area contributed by atoms with Gasteiger partial charge in [0.05, 0.1) is 0 Å². The van der Waals surface area contributed by atoms with Crippen LogP contribution in [0.1, 0.15) is 50.5 Å². The van der Waals surface area contributed by atoms with Gasteiger partial charge in [-0.15, -0.1) is 12.4 Å². The first-order valence-corrected chi connectivity index (χ1v) is 8.59. The second-order valence-corrected chi connectivity index (χ2v) is 6.23. The summed E-state index contributed by atoms with van der Waals surface area (Å²) >= 11 is 0. The third-order valence-electron chi connectivity index (χ3n) is 4.36. The minimum absolute atomic E-state index is 0. The Morgan fingerprint density at radius 3 is 2.50 bits per heavy atom. The van der Waals surface area contributed by atoms with Gasteiger partial charge in [-0.25, -0.2) is 8.78 Å². The molecule has 3 nitrogen and oxygen atoms in total. The largest absolute Gasteiger partial charge is 0.355 e. The monoisotopic (exact) mass is 360 g/mol. The lowest BCUT2D eigenvalue weighted by atomic mass is 10.1. The number of hydrogen-bond donors (Lipinski definition) is 2. The van der Waals surface area contributed by atoms with E-state index in [1.165, 1.54) is 38.5 Å². The Kier molecular flexibility index (Phi) is 9.88. The molecule has 0 atom stereocenters. The molecular weight excluding hydrogens is 334 g/mol. The van der Waals surface area contributed by atoms with Gasteiger partial charge in [0.25, 0.3) is 0 Å². The summed E-state index contributed by atoms with van der Waals surface area (Å²) in [7, 11) is 0. The summed E-state index contributed by atoms with van der Waals surface area (Å²) in [5.74, 6) is -1.07. The molecule has 0 aromatic heterocycles. The first-order valence-electron chi connectivity index (χ1n) is 8.59.